The maximum atomic E-state index is 5.32. The molecule has 0 spiro atoms. The van der Waals surface area contributed by atoms with Crippen LogP contribution in [-0.2, 0) is 6.42 Å². The summed E-state index contributed by atoms with van der Waals surface area (Å²) in [6, 6.07) is 6.39. The van der Waals surface area contributed by atoms with Gasteiger partial charge in [0.05, 0.1) is 12.3 Å². The number of furan rings is 1. The number of hydrogen-bond acceptors (Lipinski definition) is 3. The number of thiophene rings is 1. The van der Waals surface area contributed by atoms with Crippen LogP contribution in [0, 0.1) is 0 Å². The van der Waals surface area contributed by atoms with Crippen LogP contribution in [0.4, 0.5) is 0 Å². The van der Waals surface area contributed by atoms with Crippen molar-refractivity contribution in [1.29, 1.82) is 0 Å². The Bertz CT molecular complexity index is 366. The first-order valence-corrected chi connectivity index (χ1v) is 6.08. The van der Waals surface area contributed by atoms with E-state index in [0.717, 1.165) is 18.7 Å². The molecule has 2 aromatic heterocycles. The van der Waals surface area contributed by atoms with E-state index >= 15 is 0 Å². The minimum absolute atomic E-state index is 0.290. The average Bonchev–Trinajstić information content (AvgIpc) is 2.90. The molecule has 1 atom stereocenters. The minimum atomic E-state index is 0.290. The van der Waals surface area contributed by atoms with E-state index in [1.807, 2.05) is 12.1 Å². The lowest BCUT2D eigenvalue weighted by molar-refractivity contribution is 0.433. The zero-order valence-corrected chi connectivity index (χ0v) is 9.59. The van der Waals surface area contributed by atoms with E-state index in [0.29, 0.717) is 6.04 Å². The molecule has 0 fully saturated rings. The van der Waals surface area contributed by atoms with E-state index in [1.54, 1.807) is 17.6 Å². The van der Waals surface area contributed by atoms with Crippen LogP contribution in [0.3, 0.4) is 0 Å². The average molecular weight is 221 g/mol. The Morgan fingerprint density at radius 1 is 1.47 bits per heavy atom. The summed E-state index contributed by atoms with van der Waals surface area (Å²) in [5.41, 5.74) is 1.40. The van der Waals surface area contributed by atoms with E-state index in [4.69, 9.17) is 4.42 Å². The van der Waals surface area contributed by atoms with Gasteiger partial charge in [0.15, 0.2) is 0 Å². The van der Waals surface area contributed by atoms with Crippen molar-refractivity contribution in [2.45, 2.75) is 19.4 Å². The molecule has 0 saturated carbocycles. The molecule has 80 valence electrons. The van der Waals surface area contributed by atoms with E-state index in [-0.39, 0.29) is 0 Å². The lowest BCUT2D eigenvalue weighted by atomic mass is 10.2. The van der Waals surface area contributed by atoms with Gasteiger partial charge in [-0.05, 0) is 54.4 Å². The second-order valence-electron chi connectivity index (χ2n) is 3.57. The third-order valence-electron chi connectivity index (χ3n) is 2.41. The predicted octanol–water partition coefficient (Wildman–Crippen LogP) is 3.23. The maximum Gasteiger partial charge on any atom is 0.120 e. The zero-order valence-electron chi connectivity index (χ0n) is 8.77. The van der Waals surface area contributed by atoms with Crippen LogP contribution < -0.4 is 5.32 Å². The number of hydrogen-bond donors (Lipinski definition) is 1. The molecule has 0 aliphatic rings. The lowest BCUT2D eigenvalue weighted by Gasteiger charge is -2.10. The molecule has 2 nitrogen and oxygen atoms in total. The number of nitrogens with one attached hydrogen (secondary N) is 1. The standard InChI is InChI=1S/C12H15NOS/c1-10(12-3-2-7-14-12)13-6-4-11-5-8-15-9-11/h2-3,5,7-10,13H,4,6H2,1H3/t10-/m1/s1. The molecule has 2 heterocycles. The van der Waals surface area contributed by atoms with Crippen LogP contribution in [0.1, 0.15) is 24.3 Å². The third-order valence-corrected chi connectivity index (χ3v) is 3.15. The molecule has 2 rings (SSSR count). The van der Waals surface area contributed by atoms with E-state index in [1.165, 1.54) is 5.56 Å². The summed E-state index contributed by atoms with van der Waals surface area (Å²) in [4.78, 5) is 0. The van der Waals surface area contributed by atoms with E-state index < -0.39 is 0 Å². The van der Waals surface area contributed by atoms with Gasteiger partial charge in [0.25, 0.3) is 0 Å². The maximum absolute atomic E-state index is 5.32. The molecule has 0 bridgehead atoms. The highest BCUT2D eigenvalue weighted by Crippen LogP contribution is 2.12. The lowest BCUT2D eigenvalue weighted by Crippen LogP contribution is -2.20. The molecule has 0 saturated heterocycles. The molecule has 15 heavy (non-hydrogen) atoms. The Labute approximate surface area is 93.9 Å². The van der Waals surface area contributed by atoms with Gasteiger partial charge in [-0.2, -0.15) is 11.3 Å². The Hall–Kier alpha value is -1.06. The van der Waals surface area contributed by atoms with Crippen LogP contribution in [0.15, 0.2) is 39.6 Å². The summed E-state index contributed by atoms with van der Waals surface area (Å²) in [7, 11) is 0. The van der Waals surface area contributed by atoms with E-state index in [2.05, 4.69) is 29.1 Å². The second-order valence-corrected chi connectivity index (χ2v) is 4.35. The summed E-state index contributed by atoms with van der Waals surface area (Å²) >= 11 is 1.75. The Morgan fingerprint density at radius 2 is 2.40 bits per heavy atom. The molecule has 0 aliphatic carbocycles. The van der Waals surface area contributed by atoms with Gasteiger partial charge in [-0.1, -0.05) is 0 Å². The molecule has 0 aromatic carbocycles. The number of rotatable bonds is 5. The smallest absolute Gasteiger partial charge is 0.120 e. The fourth-order valence-corrected chi connectivity index (χ4v) is 2.21. The van der Waals surface area contributed by atoms with Crippen molar-refractivity contribution < 1.29 is 4.42 Å². The van der Waals surface area contributed by atoms with Gasteiger partial charge in [-0.3, -0.25) is 0 Å². The Morgan fingerprint density at radius 3 is 3.07 bits per heavy atom. The van der Waals surface area contributed by atoms with Gasteiger partial charge in [0, 0.05) is 0 Å². The van der Waals surface area contributed by atoms with Crippen molar-refractivity contribution in [1.82, 2.24) is 5.32 Å². The van der Waals surface area contributed by atoms with Crippen LogP contribution in [-0.4, -0.2) is 6.54 Å². The summed E-state index contributed by atoms with van der Waals surface area (Å²) in [5, 5.41) is 7.74. The quantitative estimate of drug-likeness (QED) is 0.838. The molecule has 2 aromatic rings. The van der Waals surface area contributed by atoms with Gasteiger partial charge in [-0.25, -0.2) is 0 Å². The first kappa shape index (κ1) is 10.5. The van der Waals surface area contributed by atoms with Crippen molar-refractivity contribution in [3.63, 3.8) is 0 Å². The normalized spacial score (nSPS) is 12.9. The summed E-state index contributed by atoms with van der Waals surface area (Å²) < 4.78 is 5.32. The fourth-order valence-electron chi connectivity index (χ4n) is 1.51. The van der Waals surface area contributed by atoms with Gasteiger partial charge < -0.3 is 9.73 Å². The molecule has 0 radical (unpaired) electrons. The van der Waals surface area contributed by atoms with Crippen molar-refractivity contribution >= 4 is 11.3 Å². The predicted molar refractivity (Wildman–Crippen MR) is 63.1 cm³/mol. The van der Waals surface area contributed by atoms with E-state index in [9.17, 15) is 0 Å². The highest BCUT2D eigenvalue weighted by Gasteiger charge is 2.06. The minimum Gasteiger partial charge on any atom is -0.468 e. The van der Waals surface area contributed by atoms with Crippen molar-refractivity contribution in [3.05, 3.63) is 46.5 Å². The summed E-state index contributed by atoms with van der Waals surface area (Å²) in [6.45, 7) is 3.10. The van der Waals surface area contributed by atoms with Crippen LogP contribution >= 0.6 is 11.3 Å². The first-order valence-electron chi connectivity index (χ1n) is 5.14. The topological polar surface area (TPSA) is 25.2 Å². The van der Waals surface area contributed by atoms with Gasteiger partial charge in [-0.15, -0.1) is 0 Å². The van der Waals surface area contributed by atoms with Gasteiger partial charge >= 0.3 is 0 Å². The first-order chi connectivity index (χ1) is 7.36. The van der Waals surface area contributed by atoms with Crippen molar-refractivity contribution in [3.8, 4) is 0 Å². The molecule has 0 unspecified atom stereocenters. The SMILES string of the molecule is C[C@@H](NCCc1ccsc1)c1ccco1. The molecule has 0 aliphatic heterocycles. The molecule has 1 N–H and O–H groups in total. The highest BCUT2D eigenvalue weighted by molar-refractivity contribution is 7.07. The molecule has 3 heteroatoms. The second kappa shape index (κ2) is 5.14. The van der Waals surface area contributed by atoms with Crippen molar-refractivity contribution in [2.75, 3.05) is 6.54 Å². The largest absolute Gasteiger partial charge is 0.468 e. The van der Waals surface area contributed by atoms with Crippen LogP contribution in [0.25, 0.3) is 0 Å². The van der Waals surface area contributed by atoms with Gasteiger partial charge in [0.2, 0.25) is 0 Å². The summed E-state index contributed by atoms with van der Waals surface area (Å²) in [6.07, 6.45) is 2.79. The molecular formula is C12H15NOS. The highest BCUT2D eigenvalue weighted by atomic mass is 32.1. The molecule has 0 amide bonds. The summed E-state index contributed by atoms with van der Waals surface area (Å²) in [5.74, 6) is 1.00. The zero-order chi connectivity index (χ0) is 10.5. The van der Waals surface area contributed by atoms with Crippen molar-refractivity contribution in [2.24, 2.45) is 0 Å². The van der Waals surface area contributed by atoms with Gasteiger partial charge in [0.1, 0.15) is 5.76 Å². The third kappa shape index (κ3) is 2.94. The monoisotopic (exact) mass is 221 g/mol. The Balaban J connectivity index is 1.74. The van der Waals surface area contributed by atoms with Crippen LogP contribution in [0.2, 0.25) is 0 Å². The molecular weight excluding hydrogens is 206 g/mol. The Kier molecular flexibility index (Phi) is 3.59. The fraction of sp³-hybridized carbons (Fsp3) is 0.333. The van der Waals surface area contributed by atoms with Crippen LogP contribution in [0.5, 0.6) is 0 Å².